The molecule has 1 aliphatic rings. The van der Waals surface area contributed by atoms with Gasteiger partial charge in [-0.2, -0.15) is 0 Å². The van der Waals surface area contributed by atoms with Crippen molar-refractivity contribution in [2.24, 2.45) is 0 Å². The number of likely N-dealkylation sites (tertiary alicyclic amines) is 1. The van der Waals surface area contributed by atoms with Crippen molar-refractivity contribution in [3.63, 3.8) is 0 Å². The number of ether oxygens (including phenoxy) is 1. The Bertz CT molecular complexity index is 402. The van der Waals surface area contributed by atoms with Crippen LogP contribution in [0.15, 0.2) is 36.9 Å². The summed E-state index contributed by atoms with van der Waals surface area (Å²) in [6.45, 7) is 10.9. The van der Waals surface area contributed by atoms with Gasteiger partial charge in [-0.25, -0.2) is 0 Å². The number of hydrogen-bond acceptors (Lipinski definition) is 3. The molecule has 0 unspecified atom stereocenters. The lowest BCUT2D eigenvalue weighted by Gasteiger charge is -2.23. The van der Waals surface area contributed by atoms with Crippen molar-refractivity contribution >= 4 is 0 Å². The fraction of sp³-hybridized carbons (Fsp3) is 0.529. The minimum absolute atomic E-state index is 0.562. The first-order valence-corrected chi connectivity index (χ1v) is 7.61. The van der Waals surface area contributed by atoms with Crippen molar-refractivity contribution in [3.8, 4) is 5.75 Å². The fourth-order valence-corrected chi connectivity index (χ4v) is 2.78. The van der Waals surface area contributed by atoms with Crippen LogP contribution in [0.1, 0.15) is 25.3 Å². The van der Waals surface area contributed by atoms with Crippen molar-refractivity contribution in [1.29, 1.82) is 0 Å². The highest BCUT2D eigenvalue weighted by atomic mass is 16.5. The van der Waals surface area contributed by atoms with Gasteiger partial charge in [0.2, 0.25) is 0 Å². The first-order valence-electron chi connectivity index (χ1n) is 7.61. The van der Waals surface area contributed by atoms with Gasteiger partial charge in [-0.1, -0.05) is 31.7 Å². The standard InChI is InChI=1S/C17H26N2O/c1-3-12-20-17-9-7-15(8-10-17)13-18-14-16-6-5-11-19(16)4-2/h3,7-10,16,18H,1,4-6,11-14H2,2H3/t16-/m0/s1. The van der Waals surface area contributed by atoms with Crippen LogP contribution in [-0.2, 0) is 6.54 Å². The van der Waals surface area contributed by atoms with E-state index in [1.807, 2.05) is 12.1 Å². The van der Waals surface area contributed by atoms with Crippen molar-refractivity contribution < 1.29 is 4.74 Å². The van der Waals surface area contributed by atoms with Crippen LogP contribution in [0.25, 0.3) is 0 Å². The molecule has 0 radical (unpaired) electrons. The van der Waals surface area contributed by atoms with E-state index in [-0.39, 0.29) is 0 Å². The van der Waals surface area contributed by atoms with E-state index in [1.54, 1.807) is 6.08 Å². The first-order chi connectivity index (χ1) is 9.83. The molecule has 2 rings (SSSR count). The zero-order valence-electron chi connectivity index (χ0n) is 12.5. The van der Waals surface area contributed by atoms with Crippen LogP contribution in [0.3, 0.4) is 0 Å². The number of nitrogens with zero attached hydrogens (tertiary/aromatic N) is 1. The molecule has 1 atom stereocenters. The Labute approximate surface area is 122 Å². The van der Waals surface area contributed by atoms with Gasteiger partial charge in [0.1, 0.15) is 12.4 Å². The molecule has 1 fully saturated rings. The molecule has 1 aromatic carbocycles. The zero-order chi connectivity index (χ0) is 14.2. The molecule has 20 heavy (non-hydrogen) atoms. The van der Waals surface area contributed by atoms with Gasteiger partial charge in [0.15, 0.2) is 0 Å². The second-order valence-electron chi connectivity index (χ2n) is 5.30. The van der Waals surface area contributed by atoms with Gasteiger partial charge < -0.3 is 10.1 Å². The van der Waals surface area contributed by atoms with E-state index >= 15 is 0 Å². The predicted molar refractivity (Wildman–Crippen MR) is 84.1 cm³/mol. The lowest BCUT2D eigenvalue weighted by atomic mass is 10.2. The highest BCUT2D eigenvalue weighted by Gasteiger charge is 2.21. The van der Waals surface area contributed by atoms with E-state index in [0.717, 1.165) is 24.9 Å². The van der Waals surface area contributed by atoms with E-state index in [0.29, 0.717) is 6.61 Å². The fourth-order valence-electron chi connectivity index (χ4n) is 2.78. The summed E-state index contributed by atoms with van der Waals surface area (Å²) in [5.41, 5.74) is 1.30. The maximum Gasteiger partial charge on any atom is 0.119 e. The van der Waals surface area contributed by atoms with Crippen LogP contribution < -0.4 is 10.1 Å². The summed E-state index contributed by atoms with van der Waals surface area (Å²) >= 11 is 0. The van der Waals surface area contributed by atoms with E-state index in [1.165, 1.54) is 31.5 Å². The van der Waals surface area contributed by atoms with Crippen molar-refractivity contribution in [2.75, 3.05) is 26.2 Å². The Morgan fingerprint density at radius 3 is 2.90 bits per heavy atom. The van der Waals surface area contributed by atoms with Gasteiger partial charge in [-0.3, -0.25) is 4.90 Å². The van der Waals surface area contributed by atoms with Gasteiger partial charge in [0.05, 0.1) is 0 Å². The molecule has 3 nitrogen and oxygen atoms in total. The Morgan fingerprint density at radius 2 is 2.20 bits per heavy atom. The van der Waals surface area contributed by atoms with Crippen LogP contribution in [0.5, 0.6) is 5.75 Å². The monoisotopic (exact) mass is 274 g/mol. The minimum atomic E-state index is 0.562. The number of benzene rings is 1. The average Bonchev–Trinajstić information content (AvgIpc) is 2.94. The number of rotatable bonds is 8. The van der Waals surface area contributed by atoms with Gasteiger partial charge in [-0.05, 0) is 43.6 Å². The lowest BCUT2D eigenvalue weighted by Crippen LogP contribution is -2.37. The molecule has 0 saturated carbocycles. The van der Waals surface area contributed by atoms with Gasteiger partial charge >= 0.3 is 0 Å². The normalized spacial score (nSPS) is 19.1. The molecule has 0 aromatic heterocycles. The Balaban J connectivity index is 1.72. The van der Waals surface area contributed by atoms with Gasteiger partial charge in [0, 0.05) is 19.1 Å². The quantitative estimate of drug-likeness (QED) is 0.738. The lowest BCUT2D eigenvalue weighted by molar-refractivity contribution is 0.260. The zero-order valence-corrected chi connectivity index (χ0v) is 12.5. The molecular formula is C17H26N2O. The molecular weight excluding hydrogens is 248 g/mol. The van der Waals surface area contributed by atoms with Crippen LogP contribution in [0, 0.1) is 0 Å². The van der Waals surface area contributed by atoms with Crippen molar-refractivity contribution in [3.05, 3.63) is 42.5 Å². The maximum absolute atomic E-state index is 5.48. The van der Waals surface area contributed by atoms with Gasteiger partial charge in [-0.15, -0.1) is 0 Å². The van der Waals surface area contributed by atoms with Crippen molar-refractivity contribution in [1.82, 2.24) is 10.2 Å². The van der Waals surface area contributed by atoms with Crippen LogP contribution >= 0.6 is 0 Å². The molecule has 1 aliphatic heterocycles. The molecule has 0 amide bonds. The molecule has 1 saturated heterocycles. The summed E-state index contributed by atoms with van der Waals surface area (Å²) in [6, 6.07) is 9.01. The molecule has 1 N–H and O–H groups in total. The third kappa shape index (κ3) is 4.36. The molecule has 1 heterocycles. The summed E-state index contributed by atoms with van der Waals surface area (Å²) < 4.78 is 5.48. The SMILES string of the molecule is C=CCOc1ccc(CNC[C@@H]2CCCN2CC)cc1. The van der Waals surface area contributed by atoms with Crippen molar-refractivity contribution in [2.45, 2.75) is 32.4 Å². The van der Waals surface area contributed by atoms with Crippen LogP contribution in [0.2, 0.25) is 0 Å². The third-order valence-corrected chi connectivity index (χ3v) is 3.91. The smallest absolute Gasteiger partial charge is 0.119 e. The van der Waals surface area contributed by atoms with E-state index in [2.05, 4.69) is 35.9 Å². The largest absolute Gasteiger partial charge is 0.490 e. The molecule has 110 valence electrons. The second-order valence-corrected chi connectivity index (χ2v) is 5.30. The Morgan fingerprint density at radius 1 is 1.40 bits per heavy atom. The number of nitrogens with one attached hydrogen (secondary N) is 1. The third-order valence-electron chi connectivity index (χ3n) is 3.91. The summed E-state index contributed by atoms with van der Waals surface area (Å²) in [5, 5.41) is 3.57. The summed E-state index contributed by atoms with van der Waals surface area (Å²) in [6.07, 6.45) is 4.43. The first kappa shape index (κ1) is 15.1. The molecule has 3 heteroatoms. The van der Waals surface area contributed by atoms with E-state index < -0.39 is 0 Å². The molecule has 0 spiro atoms. The van der Waals surface area contributed by atoms with Crippen LogP contribution in [0.4, 0.5) is 0 Å². The molecule has 0 bridgehead atoms. The predicted octanol–water partition coefficient (Wildman–Crippen LogP) is 2.83. The highest BCUT2D eigenvalue weighted by molar-refractivity contribution is 5.27. The second kappa shape index (κ2) is 8.08. The Kier molecular flexibility index (Phi) is 6.09. The van der Waals surface area contributed by atoms with E-state index in [9.17, 15) is 0 Å². The molecule has 0 aliphatic carbocycles. The summed E-state index contributed by atoms with van der Waals surface area (Å²) in [7, 11) is 0. The highest BCUT2D eigenvalue weighted by Crippen LogP contribution is 2.16. The van der Waals surface area contributed by atoms with E-state index in [4.69, 9.17) is 4.74 Å². The topological polar surface area (TPSA) is 24.5 Å². The average molecular weight is 274 g/mol. The summed E-state index contributed by atoms with van der Waals surface area (Å²) in [4.78, 5) is 2.57. The minimum Gasteiger partial charge on any atom is -0.490 e. The number of likely N-dealkylation sites (N-methyl/N-ethyl adjacent to an activating group) is 1. The Hall–Kier alpha value is -1.32. The summed E-state index contributed by atoms with van der Waals surface area (Å²) in [5.74, 6) is 0.904. The van der Waals surface area contributed by atoms with Gasteiger partial charge in [0.25, 0.3) is 0 Å². The maximum atomic E-state index is 5.48. The number of hydrogen-bond donors (Lipinski definition) is 1. The molecule has 1 aromatic rings. The van der Waals surface area contributed by atoms with Crippen LogP contribution in [-0.4, -0.2) is 37.2 Å².